The predicted octanol–water partition coefficient (Wildman–Crippen LogP) is 1.78. The van der Waals surface area contributed by atoms with Gasteiger partial charge in [-0.25, -0.2) is 14.6 Å². The lowest BCUT2D eigenvalue weighted by atomic mass is 10.1. The molecule has 1 atom stereocenters. The first-order chi connectivity index (χ1) is 13.9. The van der Waals surface area contributed by atoms with Crippen molar-refractivity contribution >= 4 is 23.4 Å². The highest BCUT2D eigenvalue weighted by Crippen LogP contribution is 2.28. The molecule has 0 spiro atoms. The zero-order chi connectivity index (χ0) is 22.6. The van der Waals surface area contributed by atoms with Crippen molar-refractivity contribution in [2.75, 3.05) is 10.5 Å². The van der Waals surface area contributed by atoms with Crippen molar-refractivity contribution in [3.05, 3.63) is 46.8 Å². The van der Waals surface area contributed by atoms with Crippen LogP contribution < -0.4 is 15.8 Å². The van der Waals surface area contributed by atoms with Crippen LogP contribution in [0.3, 0.4) is 0 Å². The number of hydrogen-bond donors (Lipinski definition) is 4. The smallest absolute Gasteiger partial charge is 0.408 e. The second-order valence-corrected chi connectivity index (χ2v) is 7.23. The number of aliphatic carboxylic acids is 1. The number of aromatic nitrogens is 2. The fourth-order valence-electron chi connectivity index (χ4n) is 2.46. The van der Waals surface area contributed by atoms with Crippen LogP contribution in [0.1, 0.15) is 26.5 Å². The van der Waals surface area contributed by atoms with Gasteiger partial charge < -0.3 is 35.4 Å². The summed E-state index contributed by atoms with van der Waals surface area (Å²) in [6.07, 6.45) is 1.56. The van der Waals surface area contributed by atoms with Gasteiger partial charge in [-0.05, 0) is 39.0 Å². The quantitative estimate of drug-likeness (QED) is 0.475. The van der Waals surface area contributed by atoms with E-state index in [9.17, 15) is 35.5 Å². The maximum Gasteiger partial charge on any atom is 0.408 e. The number of carboxylic acid groups (broad SMARTS) is 1. The maximum absolute atomic E-state index is 11.9. The first kappa shape index (κ1) is 22.9. The Hall–Kier alpha value is -3.39. The number of anilines is 2. The molecule has 0 aliphatic rings. The molecule has 0 aliphatic carbocycles. The van der Waals surface area contributed by atoms with Gasteiger partial charge in [0, 0.05) is 18.3 Å². The van der Waals surface area contributed by atoms with Crippen LogP contribution in [0.5, 0.6) is 0 Å². The summed E-state index contributed by atoms with van der Waals surface area (Å²) in [4.78, 5) is 27.4. The van der Waals surface area contributed by atoms with Crippen molar-refractivity contribution in [1.82, 2.24) is 14.9 Å². The van der Waals surface area contributed by atoms with E-state index in [1.807, 2.05) is 0 Å². The Kier molecular flexibility index (Phi) is 6.84. The van der Waals surface area contributed by atoms with Gasteiger partial charge in [-0.1, -0.05) is 0 Å². The van der Waals surface area contributed by atoms with Gasteiger partial charge in [-0.2, -0.15) is 0 Å². The van der Waals surface area contributed by atoms with Gasteiger partial charge in [0.05, 0.1) is 17.7 Å². The molecule has 0 saturated carbocycles. The number of ether oxygens (including phenoxy) is 1. The van der Waals surface area contributed by atoms with Crippen molar-refractivity contribution in [1.29, 1.82) is 0 Å². The first-order valence-electron chi connectivity index (χ1n) is 8.59. The molecule has 13 nitrogen and oxygen atoms in total. The van der Waals surface area contributed by atoms with Gasteiger partial charge in [0.15, 0.2) is 0 Å². The molecule has 2 aromatic rings. The molecule has 0 aliphatic heterocycles. The van der Waals surface area contributed by atoms with Gasteiger partial charge in [0.25, 0.3) is 0 Å². The van der Waals surface area contributed by atoms with E-state index in [-0.39, 0.29) is 34.4 Å². The molecule has 164 valence electrons. The molecule has 1 unspecified atom stereocenters. The van der Waals surface area contributed by atoms with Crippen LogP contribution >= 0.6 is 0 Å². The fraction of sp³-hybridized carbons (Fsp3) is 0.353. The third-order valence-corrected chi connectivity index (χ3v) is 3.70. The topological polar surface area (TPSA) is 187 Å². The molecule has 0 fully saturated rings. The average Bonchev–Trinajstić information content (AvgIpc) is 3.07. The molecule has 0 radical (unpaired) electrons. The number of benzene rings is 1. The monoisotopic (exact) mass is 423 g/mol. The molecule has 1 heterocycles. The van der Waals surface area contributed by atoms with E-state index in [0.717, 1.165) is 12.1 Å². The second kappa shape index (κ2) is 8.96. The molecule has 1 aromatic heterocycles. The molecule has 13 heteroatoms. The summed E-state index contributed by atoms with van der Waals surface area (Å²) in [6.45, 7) is 4.91. The molecular formula is C17H21N5O8-2. The van der Waals surface area contributed by atoms with Crippen LogP contribution in [0.2, 0.25) is 0 Å². The number of nitrogens with zero attached hydrogens (tertiary/aromatic N) is 4. The highest BCUT2D eigenvalue weighted by Gasteiger charge is 2.25. The number of carbonyl (C=O) groups is 2. The van der Waals surface area contributed by atoms with Crippen molar-refractivity contribution in [2.24, 2.45) is 0 Å². The molecular weight excluding hydrogens is 402 g/mol. The van der Waals surface area contributed by atoms with E-state index in [2.05, 4.69) is 10.3 Å². The van der Waals surface area contributed by atoms with E-state index < -0.39 is 28.9 Å². The van der Waals surface area contributed by atoms with E-state index in [1.54, 1.807) is 20.8 Å². The molecule has 30 heavy (non-hydrogen) atoms. The zero-order valence-electron chi connectivity index (χ0n) is 16.3. The Morgan fingerprint density at radius 3 is 2.50 bits per heavy atom. The molecule has 0 saturated heterocycles. The number of hydrogen-bond acceptors (Lipinski definition) is 10. The predicted molar refractivity (Wildman–Crippen MR) is 103 cm³/mol. The number of alkyl carbamates (subject to hydrolysis) is 1. The highest BCUT2D eigenvalue weighted by molar-refractivity contribution is 5.80. The summed E-state index contributed by atoms with van der Waals surface area (Å²) in [6, 6.07) is 2.05. The summed E-state index contributed by atoms with van der Waals surface area (Å²) in [5, 5.41) is 51.2. The van der Waals surface area contributed by atoms with E-state index in [0.29, 0.717) is 0 Å². The SMILES string of the molecule is CC(C)(C)OC(=O)NC(Cc1cn(-c2ccc(N([O-])[O-])cc2N(O)O)cn1)C(=O)O. The van der Waals surface area contributed by atoms with E-state index in [4.69, 9.17) is 4.74 Å². The number of carbonyl (C=O) groups excluding carboxylic acids is 1. The first-order valence-corrected chi connectivity index (χ1v) is 8.59. The Labute approximate surface area is 170 Å². The zero-order valence-corrected chi connectivity index (χ0v) is 16.3. The van der Waals surface area contributed by atoms with Gasteiger partial charge in [-0.15, -0.1) is 5.23 Å². The number of imidazole rings is 1. The number of amides is 1. The third kappa shape index (κ3) is 6.05. The normalized spacial score (nSPS) is 12.2. The highest BCUT2D eigenvalue weighted by atomic mass is 16.8. The van der Waals surface area contributed by atoms with Crippen LogP contribution in [-0.4, -0.2) is 48.8 Å². The van der Waals surface area contributed by atoms with E-state index in [1.165, 1.54) is 23.2 Å². The summed E-state index contributed by atoms with van der Waals surface area (Å²) in [5.41, 5.74) is -1.08. The molecule has 2 rings (SSSR count). The Balaban J connectivity index is 2.23. The summed E-state index contributed by atoms with van der Waals surface area (Å²) < 4.78 is 6.37. The van der Waals surface area contributed by atoms with Crippen LogP contribution in [-0.2, 0) is 16.0 Å². The van der Waals surface area contributed by atoms with E-state index >= 15 is 0 Å². The van der Waals surface area contributed by atoms with Crippen LogP contribution in [0, 0.1) is 10.4 Å². The van der Waals surface area contributed by atoms with Crippen LogP contribution in [0.4, 0.5) is 16.2 Å². The Morgan fingerprint density at radius 1 is 1.30 bits per heavy atom. The minimum absolute atomic E-state index is 0.135. The second-order valence-electron chi connectivity index (χ2n) is 7.23. The molecule has 4 N–H and O–H groups in total. The van der Waals surface area contributed by atoms with Gasteiger partial charge >= 0.3 is 12.1 Å². The summed E-state index contributed by atoms with van der Waals surface area (Å²) in [5.74, 6) is -1.30. The largest absolute Gasteiger partial charge is 0.769 e. The summed E-state index contributed by atoms with van der Waals surface area (Å²) >= 11 is 0. The number of rotatable bonds is 7. The fourth-order valence-corrected chi connectivity index (χ4v) is 2.46. The van der Waals surface area contributed by atoms with Crippen LogP contribution in [0.25, 0.3) is 5.69 Å². The molecule has 0 bridgehead atoms. The number of nitrogens with one attached hydrogen (secondary N) is 1. The van der Waals surface area contributed by atoms with Gasteiger partial charge in [0.1, 0.15) is 17.3 Å². The van der Waals surface area contributed by atoms with Gasteiger partial charge in [0.2, 0.25) is 0 Å². The Bertz CT molecular complexity index is 906. The van der Waals surface area contributed by atoms with Crippen molar-refractivity contribution in [3.63, 3.8) is 0 Å². The van der Waals surface area contributed by atoms with Crippen molar-refractivity contribution in [2.45, 2.75) is 38.8 Å². The molecule has 1 amide bonds. The lowest BCUT2D eigenvalue weighted by Crippen LogP contribution is -2.44. The lowest BCUT2D eigenvalue weighted by Gasteiger charge is -2.38. The maximum atomic E-state index is 11.9. The summed E-state index contributed by atoms with van der Waals surface area (Å²) in [7, 11) is 0. The minimum atomic E-state index is -1.33. The Morgan fingerprint density at radius 2 is 1.97 bits per heavy atom. The average molecular weight is 423 g/mol. The van der Waals surface area contributed by atoms with Crippen LogP contribution in [0.15, 0.2) is 30.7 Å². The standard InChI is InChI=1S/C17H21N5O8/c1-17(2,3)30-16(25)19-12(15(23)24)6-10-8-20(9-18-10)13-5-4-11(21(26)27)7-14(13)22(28)29/h4-5,7-9,12,28-29H,6H2,1-3H3,(H,19,25)(H,23,24)/q-2. The van der Waals surface area contributed by atoms with Crippen molar-refractivity contribution in [3.8, 4) is 5.69 Å². The van der Waals surface area contributed by atoms with Gasteiger partial charge in [-0.3, -0.25) is 10.4 Å². The minimum Gasteiger partial charge on any atom is -0.769 e. The third-order valence-electron chi connectivity index (χ3n) is 3.70. The number of carboxylic acids is 1. The molecule has 1 aromatic carbocycles. The lowest BCUT2D eigenvalue weighted by molar-refractivity contribution is -0.139. The van der Waals surface area contributed by atoms with Crippen molar-refractivity contribution < 1.29 is 29.8 Å².